The maximum atomic E-state index is 12.3. The summed E-state index contributed by atoms with van der Waals surface area (Å²) >= 11 is 0. The number of amides is 1. The van der Waals surface area contributed by atoms with E-state index < -0.39 is 0 Å². The van der Waals surface area contributed by atoms with E-state index in [1.165, 1.54) is 0 Å². The van der Waals surface area contributed by atoms with E-state index in [1.54, 1.807) is 26.5 Å². The molecule has 1 aromatic rings. The van der Waals surface area contributed by atoms with Gasteiger partial charge in [-0.3, -0.25) is 4.79 Å². The summed E-state index contributed by atoms with van der Waals surface area (Å²) in [4.78, 5) is 25.5. The first-order valence-electron chi connectivity index (χ1n) is 9.04. The van der Waals surface area contributed by atoms with Gasteiger partial charge in [0.15, 0.2) is 0 Å². The monoisotopic (exact) mass is 348 g/mol. The van der Waals surface area contributed by atoms with Crippen molar-refractivity contribution in [2.45, 2.75) is 32.1 Å². The molecule has 7 nitrogen and oxygen atoms in total. The molecular formula is C18H28N4O3. The van der Waals surface area contributed by atoms with E-state index in [0.29, 0.717) is 18.9 Å². The van der Waals surface area contributed by atoms with Crippen molar-refractivity contribution >= 4 is 11.9 Å². The Morgan fingerprint density at radius 2 is 2.16 bits per heavy atom. The van der Waals surface area contributed by atoms with E-state index in [4.69, 9.17) is 9.47 Å². The van der Waals surface area contributed by atoms with Crippen molar-refractivity contribution in [1.82, 2.24) is 14.9 Å². The molecule has 0 N–H and O–H groups in total. The second-order valence-electron chi connectivity index (χ2n) is 7.09. The number of piperidine rings is 2. The van der Waals surface area contributed by atoms with E-state index in [0.717, 1.165) is 57.8 Å². The summed E-state index contributed by atoms with van der Waals surface area (Å²) < 4.78 is 10.4. The number of nitrogens with zero attached hydrogens (tertiary/aromatic N) is 4. The molecule has 25 heavy (non-hydrogen) atoms. The third-order valence-corrected chi connectivity index (χ3v) is 5.30. The van der Waals surface area contributed by atoms with Crippen LogP contribution in [0.25, 0.3) is 0 Å². The first kappa shape index (κ1) is 17.9. The zero-order chi connectivity index (χ0) is 17.7. The van der Waals surface area contributed by atoms with Crippen LogP contribution in [0.5, 0.6) is 5.88 Å². The summed E-state index contributed by atoms with van der Waals surface area (Å²) in [6, 6.07) is 1.76. The van der Waals surface area contributed by atoms with Crippen LogP contribution in [0, 0.1) is 5.41 Å². The van der Waals surface area contributed by atoms with Crippen LogP contribution >= 0.6 is 0 Å². The van der Waals surface area contributed by atoms with Crippen LogP contribution in [0.3, 0.4) is 0 Å². The zero-order valence-corrected chi connectivity index (χ0v) is 15.2. The fraction of sp³-hybridized carbons (Fsp3) is 0.722. The number of ether oxygens (including phenoxy) is 2. The maximum absolute atomic E-state index is 12.3. The largest absolute Gasteiger partial charge is 0.481 e. The highest BCUT2D eigenvalue weighted by atomic mass is 16.5. The fourth-order valence-corrected chi connectivity index (χ4v) is 4.02. The van der Waals surface area contributed by atoms with Gasteiger partial charge in [-0.2, -0.15) is 4.98 Å². The molecule has 138 valence electrons. The smallest absolute Gasteiger partial charge is 0.228 e. The summed E-state index contributed by atoms with van der Waals surface area (Å²) in [5, 5.41) is 0. The molecule has 2 saturated heterocycles. The van der Waals surface area contributed by atoms with Gasteiger partial charge in [0.2, 0.25) is 17.7 Å². The maximum Gasteiger partial charge on any atom is 0.228 e. The molecule has 1 spiro atoms. The van der Waals surface area contributed by atoms with Crippen molar-refractivity contribution in [3.8, 4) is 5.88 Å². The highest BCUT2D eigenvalue weighted by Crippen LogP contribution is 2.39. The number of carbonyl (C=O) groups excluding carboxylic acids is 1. The van der Waals surface area contributed by atoms with Gasteiger partial charge in [0.05, 0.1) is 7.11 Å². The summed E-state index contributed by atoms with van der Waals surface area (Å²) in [5.41, 5.74) is 0.145. The Balaban J connectivity index is 1.69. The standard InChI is InChI=1S/C18H28N4O3/c1-24-12-4-11-21-13-18(8-5-16(21)23)7-3-10-22(14-18)17-19-9-6-15(20-17)25-2/h6,9H,3-5,7-8,10-14H2,1-2H3. The predicted molar refractivity (Wildman–Crippen MR) is 94.8 cm³/mol. The topological polar surface area (TPSA) is 67.8 Å². The minimum atomic E-state index is 0.145. The average Bonchev–Trinajstić information content (AvgIpc) is 2.65. The Morgan fingerprint density at radius 1 is 1.28 bits per heavy atom. The molecule has 1 amide bonds. The van der Waals surface area contributed by atoms with Crippen LogP contribution in [0.4, 0.5) is 5.95 Å². The number of hydrogen-bond acceptors (Lipinski definition) is 6. The minimum absolute atomic E-state index is 0.145. The highest BCUT2D eigenvalue weighted by molar-refractivity contribution is 5.77. The number of rotatable bonds is 6. The van der Waals surface area contributed by atoms with Gasteiger partial charge >= 0.3 is 0 Å². The molecular weight excluding hydrogens is 320 g/mol. The van der Waals surface area contributed by atoms with Crippen molar-refractivity contribution in [1.29, 1.82) is 0 Å². The fourth-order valence-electron chi connectivity index (χ4n) is 4.02. The van der Waals surface area contributed by atoms with E-state index >= 15 is 0 Å². The average molecular weight is 348 g/mol. The van der Waals surface area contributed by atoms with Crippen molar-refractivity contribution in [3.05, 3.63) is 12.3 Å². The van der Waals surface area contributed by atoms with E-state index in [1.807, 2.05) is 4.90 Å². The molecule has 0 radical (unpaired) electrons. The Kier molecular flexibility index (Phi) is 5.73. The Bertz CT molecular complexity index is 597. The molecule has 1 aromatic heterocycles. The minimum Gasteiger partial charge on any atom is -0.481 e. The molecule has 1 unspecified atom stereocenters. The summed E-state index contributed by atoms with van der Waals surface area (Å²) in [5.74, 6) is 1.59. The first-order chi connectivity index (χ1) is 12.2. The number of methoxy groups -OCH3 is 2. The van der Waals surface area contributed by atoms with Crippen molar-refractivity contribution < 1.29 is 14.3 Å². The van der Waals surface area contributed by atoms with E-state index in [2.05, 4.69) is 14.9 Å². The molecule has 2 aliphatic rings. The molecule has 3 rings (SSSR count). The SMILES string of the molecule is COCCCN1CC2(CCCN(c3nccc(OC)n3)C2)CCC1=O. The van der Waals surface area contributed by atoms with Crippen LogP contribution < -0.4 is 9.64 Å². The van der Waals surface area contributed by atoms with Crippen LogP contribution in [0.2, 0.25) is 0 Å². The van der Waals surface area contributed by atoms with Gasteiger partial charge in [-0.1, -0.05) is 0 Å². The number of likely N-dealkylation sites (tertiary alicyclic amines) is 1. The third-order valence-electron chi connectivity index (χ3n) is 5.30. The number of anilines is 1. The molecule has 3 heterocycles. The summed E-state index contributed by atoms with van der Waals surface area (Å²) in [6.07, 6.45) is 6.47. The highest BCUT2D eigenvalue weighted by Gasteiger charge is 2.42. The van der Waals surface area contributed by atoms with E-state index in [-0.39, 0.29) is 11.3 Å². The van der Waals surface area contributed by atoms with Gasteiger partial charge in [-0.05, 0) is 25.7 Å². The molecule has 0 saturated carbocycles. The van der Waals surface area contributed by atoms with Gasteiger partial charge in [0, 0.05) is 64.0 Å². The van der Waals surface area contributed by atoms with Gasteiger partial charge in [-0.25, -0.2) is 4.98 Å². The zero-order valence-electron chi connectivity index (χ0n) is 15.2. The second-order valence-corrected chi connectivity index (χ2v) is 7.09. The lowest BCUT2D eigenvalue weighted by molar-refractivity contribution is -0.138. The molecule has 2 aliphatic heterocycles. The molecule has 7 heteroatoms. The van der Waals surface area contributed by atoms with Crippen LogP contribution in [-0.2, 0) is 9.53 Å². The third kappa shape index (κ3) is 4.21. The van der Waals surface area contributed by atoms with Gasteiger partial charge < -0.3 is 19.3 Å². The van der Waals surface area contributed by atoms with Gasteiger partial charge in [0.25, 0.3) is 0 Å². The molecule has 0 bridgehead atoms. The summed E-state index contributed by atoms with van der Waals surface area (Å²) in [6.45, 7) is 4.15. The Labute approximate surface area is 149 Å². The van der Waals surface area contributed by atoms with Gasteiger partial charge in [0.1, 0.15) is 0 Å². The van der Waals surface area contributed by atoms with Crippen molar-refractivity contribution in [2.24, 2.45) is 5.41 Å². The number of hydrogen-bond donors (Lipinski definition) is 0. The quantitative estimate of drug-likeness (QED) is 0.730. The molecule has 2 fully saturated rings. The molecule has 0 aromatic carbocycles. The Morgan fingerprint density at radius 3 is 2.96 bits per heavy atom. The number of carbonyl (C=O) groups is 1. The lowest BCUT2D eigenvalue weighted by Crippen LogP contribution is -2.54. The Hall–Kier alpha value is -1.89. The lowest BCUT2D eigenvalue weighted by atomic mass is 9.73. The lowest BCUT2D eigenvalue weighted by Gasteiger charge is -2.48. The van der Waals surface area contributed by atoms with Crippen LogP contribution in [0.15, 0.2) is 12.3 Å². The van der Waals surface area contributed by atoms with E-state index in [9.17, 15) is 4.79 Å². The molecule has 0 aliphatic carbocycles. The first-order valence-corrected chi connectivity index (χ1v) is 9.04. The van der Waals surface area contributed by atoms with Crippen molar-refractivity contribution in [2.75, 3.05) is 51.9 Å². The van der Waals surface area contributed by atoms with Crippen molar-refractivity contribution in [3.63, 3.8) is 0 Å². The predicted octanol–water partition coefficient (Wildman–Crippen LogP) is 1.73. The number of aromatic nitrogens is 2. The van der Waals surface area contributed by atoms with Gasteiger partial charge in [-0.15, -0.1) is 0 Å². The van der Waals surface area contributed by atoms with Crippen LogP contribution in [-0.4, -0.2) is 67.8 Å². The molecule has 1 atom stereocenters. The normalized spacial score (nSPS) is 24.0. The second kappa shape index (κ2) is 7.99. The van der Waals surface area contributed by atoms with Crippen LogP contribution in [0.1, 0.15) is 32.1 Å². The summed E-state index contributed by atoms with van der Waals surface area (Å²) in [7, 11) is 3.32.